The van der Waals surface area contributed by atoms with Gasteiger partial charge in [-0.1, -0.05) is 22.0 Å². The van der Waals surface area contributed by atoms with Gasteiger partial charge in [-0.15, -0.1) is 0 Å². The van der Waals surface area contributed by atoms with Crippen molar-refractivity contribution in [3.05, 3.63) is 82.9 Å². The van der Waals surface area contributed by atoms with Crippen molar-refractivity contribution in [3.63, 3.8) is 0 Å². The van der Waals surface area contributed by atoms with Gasteiger partial charge in [0.25, 0.3) is 0 Å². The van der Waals surface area contributed by atoms with E-state index in [1.54, 1.807) is 0 Å². The van der Waals surface area contributed by atoms with Crippen LogP contribution >= 0.6 is 28.1 Å². The number of rotatable bonds is 4. The van der Waals surface area contributed by atoms with Crippen LogP contribution in [0.25, 0.3) is 0 Å². The van der Waals surface area contributed by atoms with Crippen LogP contribution in [0.2, 0.25) is 0 Å². The zero-order valence-electron chi connectivity index (χ0n) is 15.2. The van der Waals surface area contributed by atoms with Crippen molar-refractivity contribution in [2.75, 3.05) is 4.90 Å². The van der Waals surface area contributed by atoms with Gasteiger partial charge in [0.1, 0.15) is 6.04 Å². The first-order valence-corrected chi connectivity index (χ1v) is 10.2. The van der Waals surface area contributed by atoms with Crippen molar-refractivity contribution in [3.8, 4) is 0 Å². The van der Waals surface area contributed by atoms with Crippen LogP contribution in [0.4, 0.5) is 5.69 Å². The molecule has 1 fully saturated rings. The van der Waals surface area contributed by atoms with Gasteiger partial charge in [0.15, 0.2) is 5.11 Å². The van der Waals surface area contributed by atoms with Crippen molar-refractivity contribution in [2.24, 2.45) is 0 Å². The molecular formula is C21H21BrN4S. The van der Waals surface area contributed by atoms with Crippen molar-refractivity contribution < 1.29 is 0 Å². The van der Waals surface area contributed by atoms with Crippen molar-refractivity contribution in [2.45, 2.75) is 32.0 Å². The van der Waals surface area contributed by atoms with Crippen LogP contribution in [0.5, 0.6) is 0 Å². The SMILES string of the molecule is CC(C)n1cccc1[C@H]1[C@H](c2ccccn2)NC(=S)N1c1ccc(Br)cc1. The lowest BCUT2D eigenvalue weighted by molar-refractivity contribution is 0.497. The van der Waals surface area contributed by atoms with Crippen LogP contribution in [0.1, 0.15) is 43.4 Å². The topological polar surface area (TPSA) is 33.1 Å². The number of anilines is 1. The van der Waals surface area contributed by atoms with Crippen LogP contribution in [0.3, 0.4) is 0 Å². The Labute approximate surface area is 173 Å². The number of pyridine rings is 1. The Kier molecular flexibility index (Phi) is 5.02. The van der Waals surface area contributed by atoms with Crippen molar-refractivity contribution in [1.29, 1.82) is 0 Å². The smallest absolute Gasteiger partial charge is 0.174 e. The highest BCUT2D eigenvalue weighted by atomic mass is 79.9. The molecule has 0 aliphatic carbocycles. The van der Waals surface area contributed by atoms with E-state index in [-0.39, 0.29) is 12.1 Å². The number of halogens is 1. The van der Waals surface area contributed by atoms with Crippen molar-refractivity contribution in [1.82, 2.24) is 14.9 Å². The molecule has 4 rings (SSSR count). The van der Waals surface area contributed by atoms with E-state index in [2.05, 4.69) is 86.1 Å². The molecule has 0 radical (unpaired) electrons. The van der Waals surface area contributed by atoms with Gasteiger partial charge in [0.05, 0.1) is 11.7 Å². The Hall–Kier alpha value is -2.18. The van der Waals surface area contributed by atoms with Crippen LogP contribution in [-0.4, -0.2) is 14.7 Å². The average Bonchev–Trinajstić information content (AvgIpc) is 3.27. The summed E-state index contributed by atoms with van der Waals surface area (Å²) in [6.45, 7) is 4.40. The number of hydrogen-bond acceptors (Lipinski definition) is 2. The predicted molar refractivity (Wildman–Crippen MR) is 117 cm³/mol. The first-order chi connectivity index (χ1) is 13.1. The predicted octanol–water partition coefficient (Wildman–Crippen LogP) is 5.40. The molecule has 138 valence electrons. The molecule has 27 heavy (non-hydrogen) atoms. The molecule has 0 spiro atoms. The number of nitrogens with zero attached hydrogens (tertiary/aromatic N) is 3. The van der Waals surface area contributed by atoms with Gasteiger partial charge < -0.3 is 14.8 Å². The maximum absolute atomic E-state index is 5.76. The molecule has 3 aromatic rings. The summed E-state index contributed by atoms with van der Waals surface area (Å²) in [7, 11) is 0. The minimum atomic E-state index is -0.0188. The molecular weight excluding hydrogens is 420 g/mol. The molecule has 3 heterocycles. The summed E-state index contributed by atoms with van der Waals surface area (Å²) in [5.41, 5.74) is 3.27. The number of thiocarbonyl (C=S) groups is 1. The first-order valence-electron chi connectivity index (χ1n) is 8.99. The summed E-state index contributed by atoms with van der Waals surface area (Å²) in [5, 5.41) is 4.22. The Morgan fingerprint density at radius 2 is 1.85 bits per heavy atom. The van der Waals surface area contributed by atoms with E-state index in [1.165, 1.54) is 5.69 Å². The second-order valence-electron chi connectivity index (χ2n) is 6.91. The maximum Gasteiger partial charge on any atom is 0.174 e. The van der Waals surface area contributed by atoms with E-state index in [4.69, 9.17) is 12.2 Å². The van der Waals surface area contributed by atoms with Crippen molar-refractivity contribution >= 4 is 38.9 Å². The van der Waals surface area contributed by atoms with E-state index in [1.807, 2.05) is 30.5 Å². The molecule has 1 N–H and O–H groups in total. The maximum atomic E-state index is 5.76. The lowest BCUT2D eigenvalue weighted by atomic mass is 10.0. The second-order valence-corrected chi connectivity index (χ2v) is 8.21. The van der Waals surface area contributed by atoms with Crippen LogP contribution in [-0.2, 0) is 0 Å². The minimum absolute atomic E-state index is 0.0188. The van der Waals surface area contributed by atoms with Crippen LogP contribution < -0.4 is 10.2 Å². The van der Waals surface area contributed by atoms with Gasteiger partial charge in [-0.05, 0) is 74.6 Å². The summed E-state index contributed by atoms with van der Waals surface area (Å²) in [6, 6.07) is 18.9. The fraction of sp³-hybridized carbons (Fsp3) is 0.238. The quantitative estimate of drug-likeness (QED) is 0.550. The van der Waals surface area contributed by atoms with E-state index in [0.717, 1.165) is 21.0 Å². The first kappa shape index (κ1) is 18.2. The fourth-order valence-corrected chi connectivity index (χ4v) is 4.27. The largest absolute Gasteiger partial charge is 0.351 e. The molecule has 1 aliphatic heterocycles. The summed E-state index contributed by atoms with van der Waals surface area (Å²) < 4.78 is 3.36. The summed E-state index contributed by atoms with van der Waals surface area (Å²) >= 11 is 9.28. The molecule has 1 aliphatic rings. The Morgan fingerprint density at radius 1 is 1.07 bits per heavy atom. The molecule has 0 amide bonds. The lowest BCUT2D eigenvalue weighted by Gasteiger charge is -2.30. The number of aromatic nitrogens is 2. The zero-order valence-corrected chi connectivity index (χ0v) is 17.6. The summed E-state index contributed by atoms with van der Waals surface area (Å²) in [5.74, 6) is 0. The van der Waals surface area contributed by atoms with Gasteiger partial charge in [-0.25, -0.2) is 0 Å². The zero-order chi connectivity index (χ0) is 19.0. The highest BCUT2D eigenvalue weighted by Gasteiger charge is 2.42. The van der Waals surface area contributed by atoms with Gasteiger partial charge in [-0.3, -0.25) is 4.98 Å². The summed E-state index contributed by atoms with van der Waals surface area (Å²) in [4.78, 5) is 6.81. The lowest BCUT2D eigenvalue weighted by Crippen LogP contribution is -2.30. The molecule has 0 unspecified atom stereocenters. The summed E-state index contributed by atoms with van der Waals surface area (Å²) in [6.07, 6.45) is 3.97. The standard InChI is InChI=1S/C21H21BrN4S/c1-14(2)25-13-5-7-18(25)20-19(17-6-3-4-12-23-17)24-21(27)26(20)16-10-8-15(22)9-11-16/h3-14,19-20H,1-2H3,(H,24,27)/t19-,20-/m0/s1. The highest BCUT2D eigenvalue weighted by Crippen LogP contribution is 2.42. The van der Waals surface area contributed by atoms with E-state index in [9.17, 15) is 0 Å². The number of hydrogen-bond donors (Lipinski definition) is 1. The molecule has 6 heteroatoms. The van der Waals surface area contributed by atoms with Gasteiger partial charge in [-0.2, -0.15) is 0 Å². The monoisotopic (exact) mass is 440 g/mol. The van der Waals surface area contributed by atoms with Gasteiger partial charge >= 0.3 is 0 Å². The third-order valence-corrected chi connectivity index (χ3v) is 5.72. The van der Waals surface area contributed by atoms with Gasteiger partial charge in [0.2, 0.25) is 0 Å². The molecule has 4 nitrogen and oxygen atoms in total. The molecule has 1 aromatic carbocycles. The molecule has 0 saturated carbocycles. The fourth-order valence-electron chi connectivity index (χ4n) is 3.66. The van der Waals surface area contributed by atoms with E-state index >= 15 is 0 Å². The highest BCUT2D eigenvalue weighted by molar-refractivity contribution is 9.10. The Balaban J connectivity index is 1.85. The third kappa shape index (κ3) is 3.39. The molecule has 2 atom stereocenters. The Bertz CT molecular complexity index is 936. The van der Waals surface area contributed by atoms with Gasteiger partial charge in [0, 0.05) is 34.3 Å². The van der Waals surface area contributed by atoms with Crippen LogP contribution in [0.15, 0.2) is 71.5 Å². The Morgan fingerprint density at radius 3 is 2.52 bits per heavy atom. The van der Waals surface area contributed by atoms with E-state index in [0.29, 0.717) is 6.04 Å². The third-order valence-electron chi connectivity index (χ3n) is 4.87. The molecule has 0 bridgehead atoms. The van der Waals surface area contributed by atoms with E-state index < -0.39 is 0 Å². The molecule has 1 saturated heterocycles. The molecule has 2 aromatic heterocycles. The minimum Gasteiger partial charge on any atom is -0.351 e. The number of nitrogens with one attached hydrogen (secondary N) is 1. The van der Waals surface area contributed by atoms with Crippen LogP contribution in [0, 0.1) is 0 Å². The second kappa shape index (κ2) is 7.44. The number of benzene rings is 1. The normalized spacial score (nSPS) is 19.6. The average molecular weight is 441 g/mol.